The maximum Gasteiger partial charge on any atom is 0.137 e. The maximum absolute atomic E-state index is 6.06. The molecule has 0 saturated carbocycles. The lowest BCUT2D eigenvalue weighted by atomic mass is 10.1. The zero-order valence-corrected chi connectivity index (χ0v) is 15.2. The zero-order valence-electron chi connectivity index (χ0n) is 14.5. The molecule has 1 fully saturated rings. The number of hydrogen-bond acceptors (Lipinski definition) is 5. The Morgan fingerprint density at radius 2 is 1.85 bits per heavy atom. The molecule has 1 aliphatic rings. The van der Waals surface area contributed by atoms with Crippen LogP contribution in [0.4, 0.5) is 5.82 Å². The van der Waals surface area contributed by atoms with E-state index in [0.29, 0.717) is 5.02 Å². The van der Waals surface area contributed by atoms with Crippen molar-refractivity contribution in [2.24, 2.45) is 0 Å². The van der Waals surface area contributed by atoms with E-state index in [-0.39, 0.29) is 0 Å². The van der Waals surface area contributed by atoms with Gasteiger partial charge in [0, 0.05) is 36.6 Å². The second kappa shape index (κ2) is 7.99. The van der Waals surface area contributed by atoms with E-state index in [1.165, 1.54) is 11.1 Å². The summed E-state index contributed by atoms with van der Waals surface area (Å²) in [6, 6.07) is 14.2. The Kier molecular flexibility index (Phi) is 5.29. The largest absolute Gasteiger partial charge is 0.379 e. The highest BCUT2D eigenvalue weighted by Gasteiger charge is 2.13. The molecule has 2 heterocycles. The zero-order chi connectivity index (χ0) is 17.8. The van der Waals surface area contributed by atoms with Gasteiger partial charge in [0.15, 0.2) is 0 Å². The van der Waals surface area contributed by atoms with Crippen molar-refractivity contribution in [1.82, 2.24) is 14.9 Å². The molecule has 5 nitrogen and oxygen atoms in total. The van der Waals surface area contributed by atoms with Crippen molar-refractivity contribution >= 4 is 28.3 Å². The number of aromatic nitrogens is 2. The van der Waals surface area contributed by atoms with E-state index in [4.69, 9.17) is 16.3 Å². The number of benzene rings is 2. The monoisotopic (exact) mass is 368 g/mol. The topological polar surface area (TPSA) is 50.3 Å². The molecule has 0 unspecified atom stereocenters. The molecule has 1 saturated heterocycles. The number of nitrogens with zero attached hydrogens (tertiary/aromatic N) is 3. The molecule has 0 spiro atoms. The van der Waals surface area contributed by atoms with Gasteiger partial charge in [0.25, 0.3) is 0 Å². The Bertz CT molecular complexity index is 896. The molecule has 26 heavy (non-hydrogen) atoms. The van der Waals surface area contributed by atoms with Crippen LogP contribution in [0.15, 0.2) is 48.8 Å². The predicted octanol–water partition coefficient (Wildman–Crippen LogP) is 3.73. The van der Waals surface area contributed by atoms with Crippen LogP contribution in [-0.4, -0.2) is 41.2 Å². The van der Waals surface area contributed by atoms with E-state index in [9.17, 15) is 0 Å². The summed E-state index contributed by atoms with van der Waals surface area (Å²) in [5.41, 5.74) is 3.46. The SMILES string of the molecule is Clc1ccc2c(NCc3ccccc3CN3CCOCC3)ncnc2c1. The van der Waals surface area contributed by atoms with Gasteiger partial charge in [0.2, 0.25) is 0 Å². The lowest BCUT2D eigenvalue weighted by Gasteiger charge is -2.27. The molecular formula is C20H21ClN4O. The molecule has 0 amide bonds. The number of morpholine rings is 1. The van der Waals surface area contributed by atoms with Crippen LogP contribution >= 0.6 is 11.6 Å². The second-order valence-corrected chi connectivity index (χ2v) is 6.83. The first-order valence-electron chi connectivity index (χ1n) is 8.80. The summed E-state index contributed by atoms with van der Waals surface area (Å²) >= 11 is 6.06. The fraction of sp³-hybridized carbons (Fsp3) is 0.300. The smallest absolute Gasteiger partial charge is 0.137 e. The van der Waals surface area contributed by atoms with Gasteiger partial charge in [-0.2, -0.15) is 0 Å². The van der Waals surface area contributed by atoms with Crippen LogP contribution in [0.3, 0.4) is 0 Å². The fourth-order valence-electron chi connectivity index (χ4n) is 3.23. The molecule has 0 atom stereocenters. The van der Waals surface area contributed by atoms with Gasteiger partial charge < -0.3 is 10.1 Å². The van der Waals surface area contributed by atoms with Crippen molar-refractivity contribution in [3.05, 3.63) is 64.9 Å². The highest BCUT2D eigenvalue weighted by Crippen LogP contribution is 2.23. The Labute approximate surface area is 158 Å². The van der Waals surface area contributed by atoms with Crippen LogP contribution < -0.4 is 5.32 Å². The molecular weight excluding hydrogens is 348 g/mol. The highest BCUT2D eigenvalue weighted by molar-refractivity contribution is 6.31. The number of halogens is 1. The molecule has 0 radical (unpaired) electrons. The second-order valence-electron chi connectivity index (χ2n) is 6.39. The first-order valence-corrected chi connectivity index (χ1v) is 9.18. The van der Waals surface area contributed by atoms with Crippen molar-refractivity contribution in [2.45, 2.75) is 13.1 Å². The van der Waals surface area contributed by atoms with Gasteiger partial charge in [0.1, 0.15) is 12.1 Å². The third kappa shape index (κ3) is 3.96. The van der Waals surface area contributed by atoms with E-state index < -0.39 is 0 Å². The average molecular weight is 369 g/mol. The number of anilines is 1. The van der Waals surface area contributed by atoms with Crippen LogP contribution in [0.5, 0.6) is 0 Å². The first-order chi connectivity index (χ1) is 12.8. The molecule has 134 valence electrons. The minimum Gasteiger partial charge on any atom is -0.379 e. The van der Waals surface area contributed by atoms with Gasteiger partial charge in [-0.15, -0.1) is 0 Å². The summed E-state index contributed by atoms with van der Waals surface area (Å²) < 4.78 is 5.44. The van der Waals surface area contributed by atoms with Gasteiger partial charge in [-0.1, -0.05) is 35.9 Å². The van der Waals surface area contributed by atoms with Crippen LogP contribution in [0.25, 0.3) is 10.9 Å². The highest BCUT2D eigenvalue weighted by atomic mass is 35.5. The molecule has 3 aromatic rings. The third-order valence-corrected chi connectivity index (χ3v) is 4.90. The minimum atomic E-state index is 0.679. The number of hydrogen-bond donors (Lipinski definition) is 1. The van der Waals surface area contributed by atoms with E-state index in [2.05, 4.69) is 44.5 Å². The molecule has 4 rings (SSSR count). The van der Waals surface area contributed by atoms with Crippen molar-refractivity contribution in [1.29, 1.82) is 0 Å². The summed E-state index contributed by atoms with van der Waals surface area (Å²) in [7, 11) is 0. The summed E-state index contributed by atoms with van der Waals surface area (Å²) in [5, 5.41) is 5.12. The van der Waals surface area contributed by atoms with Gasteiger partial charge in [0.05, 0.1) is 18.7 Å². The molecule has 0 bridgehead atoms. The lowest BCUT2D eigenvalue weighted by molar-refractivity contribution is 0.0341. The average Bonchev–Trinajstić information content (AvgIpc) is 2.68. The Morgan fingerprint density at radius 1 is 1.04 bits per heavy atom. The fourth-order valence-corrected chi connectivity index (χ4v) is 3.40. The van der Waals surface area contributed by atoms with Crippen LogP contribution in [0.2, 0.25) is 5.02 Å². The predicted molar refractivity (Wildman–Crippen MR) is 104 cm³/mol. The summed E-state index contributed by atoms with van der Waals surface area (Å²) in [6.45, 7) is 5.26. The van der Waals surface area contributed by atoms with E-state index in [0.717, 1.165) is 56.1 Å². The minimum absolute atomic E-state index is 0.679. The standard InChI is InChI=1S/C20H21ClN4O/c21-17-5-6-18-19(11-17)23-14-24-20(18)22-12-15-3-1-2-4-16(15)13-25-7-9-26-10-8-25/h1-6,11,14H,7-10,12-13H2,(H,22,23,24). The van der Waals surface area contributed by atoms with Crippen molar-refractivity contribution in [2.75, 3.05) is 31.6 Å². The van der Waals surface area contributed by atoms with Gasteiger partial charge in [-0.05, 0) is 29.3 Å². The van der Waals surface area contributed by atoms with Crippen LogP contribution in [-0.2, 0) is 17.8 Å². The Balaban J connectivity index is 1.51. The molecule has 2 aromatic carbocycles. The quantitative estimate of drug-likeness (QED) is 0.743. The van der Waals surface area contributed by atoms with Gasteiger partial charge in [-0.3, -0.25) is 4.90 Å². The molecule has 1 N–H and O–H groups in total. The number of ether oxygens (including phenoxy) is 1. The Morgan fingerprint density at radius 3 is 2.69 bits per heavy atom. The van der Waals surface area contributed by atoms with E-state index in [1.54, 1.807) is 6.33 Å². The van der Waals surface area contributed by atoms with Crippen molar-refractivity contribution < 1.29 is 4.74 Å². The van der Waals surface area contributed by atoms with Crippen LogP contribution in [0.1, 0.15) is 11.1 Å². The Hall–Kier alpha value is -2.21. The van der Waals surface area contributed by atoms with E-state index in [1.807, 2.05) is 18.2 Å². The number of nitrogens with one attached hydrogen (secondary N) is 1. The van der Waals surface area contributed by atoms with E-state index >= 15 is 0 Å². The van der Waals surface area contributed by atoms with Crippen molar-refractivity contribution in [3.8, 4) is 0 Å². The van der Waals surface area contributed by atoms with Gasteiger partial charge >= 0.3 is 0 Å². The van der Waals surface area contributed by atoms with Crippen LogP contribution in [0, 0.1) is 0 Å². The molecule has 1 aliphatic heterocycles. The number of fused-ring (bicyclic) bond motifs is 1. The van der Waals surface area contributed by atoms with Gasteiger partial charge in [-0.25, -0.2) is 9.97 Å². The third-order valence-electron chi connectivity index (χ3n) is 4.66. The summed E-state index contributed by atoms with van der Waals surface area (Å²) in [4.78, 5) is 11.1. The summed E-state index contributed by atoms with van der Waals surface area (Å²) in [5.74, 6) is 0.827. The molecule has 6 heteroatoms. The molecule has 1 aromatic heterocycles. The summed E-state index contributed by atoms with van der Waals surface area (Å²) in [6.07, 6.45) is 1.57. The normalized spacial score (nSPS) is 15.3. The lowest BCUT2D eigenvalue weighted by Crippen LogP contribution is -2.35. The molecule has 0 aliphatic carbocycles. The maximum atomic E-state index is 6.06. The van der Waals surface area contributed by atoms with Crippen molar-refractivity contribution in [3.63, 3.8) is 0 Å². The first kappa shape index (κ1) is 17.2. The number of rotatable bonds is 5.